The van der Waals surface area contributed by atoms with Crippen LogP contribution < -0.4 is 4.90 Å². The third-order valence-electron chi connectivity index (χ3n) is 2.41. The molecule has 1 aromatic rings. The Balaban J connectivity index is 2.20. The molecule has 1 amide bonds. The van der Waals surface area contributed by atoms with E-state index in [9.17, 15) is 14.4 Å². The van der Waals surface area contributed by atoms with Crippen molar-refractivity contribution < 1.29 is 29.0 Å². The SMILES string of the molecule is O=C(O)c1cnc(N2CC(C(=O)O)CC2=O)o1. The number of hydrogen-bond acceptors (Lipinski definition) is 5. The van der Waals surface area contributed by atoms with Crippen LogP contribution in [-0.2, 0) is 9.59 Å². The first-order chi connectivity index (χ1) is 7.99. The van der Waals surface area contributed by atoms with E-state index >= 15 is 0 Å². The van der Waals surface area contributed by atoms with Crippen LogP contribution >= 0.6 is 0 Å². The molecule has 1 aromatic heterocycles. The molecule has 90 valence electrons. The molecule has 0 radical (unpaired) electrons. The molecule has 8 nitrogen and oxygen atoms in total. The smallest absolute Gasteiger partial charge is 0.373 e. The average molecular weight is 240 g/mol. The van der Waals surface area contributed by atoms with Gasteiger partial charge in [-0.2, -0.15) is 0 Å². The molecule has 8 heteroatoms. The zero-order valence-corrected chi connectivity index (χ0v) is 8.49. The summed E-state index contributed by atoms with van der Waals surface area (Å²) in [5, 5.41) is 17.4. The van der Waals surface area contributed by atoms with Crippen LogP contribution in [0.2, 0.25) is 0 Å². The van der Waals surface area contributed by atoms with Crippen molar-refractivity contribution in [2.45, 2.75) is 6.42 Å². The van der Waals surface area contributed by atoms with Gasteiger partial charge < -0.3 is 14.6 Å². The molecule has 1 aliphatic heterocycles. The predicted octanol–water partition coefficient (Wildman–Crippen LogP) is -0.190. The van der Waals surface area contributed by atoms with E-state index < -0.39 is 29.5 Å². The number of anilines is 1. The van der Waals surface area contributed by atoms with Gasteiger partial charge in [-0.3, -0.25) is 14.5 Å². The van der Waals surface area contributed by atoms with E-state index in [4.69, 9.17) is 14.6 Å². The van der Waals surface area contributed by atoms with Crippen molar-refractivity contribution in [3.05, 3.63) is 12.0 Å². The molecule has 2 heterocycles. The highest BCUT2D eigenvalue weighted by atomic mass is 16.4. The molecule has 1 atom stereocenters. The summed E-state index contributed by atoms with van der Waals surface area (Å²) in [4.78, 5) is 37.4. The largest absolute Gasteiger partial charge is 0.481 e. The van der Waals surface area contributed by atoms with Gasteiger partial charge in [0.1, 0.15) is 0 Å². The Labute approximate surface area is 94.5 Å². The molecule has 1 aliphatic rings. The van der Waals surface area contributed by atoms with Gasteiger partial charge >= 0.3 is 18.0 Å². The molecule has 0 aromatic carbocycles. The van der Waals surface area contributed by atoms with Crippen molar-refractivity contribution in [2.24, 2.45) is 5.92 Å². The van der Waals surface area contributed by atoms with Crippen molar-refractivity contribution in [3.63, 3.8) is 0 Å². The average Bonchev–Trinajstić information content (AvgIpc) is 2.83. The lowest BCUT2D eigenvalue weighted by Gasteiger charge is -2.09. The summed E-state index contributed by atoms with van der Waals surface area (Å²) in [6.45, 7) is -0.0618. The van der Waals surface area contributed by atoms with Crippen LogP contribution in [-0.4, -0.2) is 39.6 Å². The van der Waals surface area contributed by atoms with E-state index in [1.165, 1.54) is 0 Å². The van der Waals surface area contributed by atoms with Crippen molar-refractivity contribution in [1.82, 2.24) is 4.98 Å². The Hall–Kier alpha value is -2.38. The van der Waals surface area contributed by atoms with Crippen LogP contribution in [0.5, 0.6) is 0 Å². The fourth-order valence-corrected chi connectivity index (χ4v) is 1.55. The molecule has 2 rings (SSSR count). The molecule has 1 unspecified atom stereocenters. The van der Waals surface area contributed by atoms with Gasteiger partial charge in [0.25, 0.3) is 0 Å². The Morgan fingerprint density at radius 2 is 2.18 bits per heavy atom. The van der Waals surface area contributed by atoms with Gasteiger partial charge in [-0.05, 0) is 0 Å². The number of aliphatic carboxylic acids is 1. The lowest BCUT2D eigenvalue weighted by molar-refractivity contribution is -0.141. The molecule has 0 spiro atoms. The van der Waals surface area contributed by atoms with Crippen molar-refractivity contribution in [2.75, 3.05) is 11.4 Å². The number of amides is 1. The number of carboxylic acid groups (broad SMARTS) is 2. The number of hydrogen-bond donors (Lipinski definition) is 2. The fourth-order valence-electron chi connectivity index (χ4n) is 1.55. The molecule has 2 N–H and O–H groups in total. The molecular weight excluding hydrogens is 232 g/mol. The second kappa shape index (κ2) is 3.89. The highest BCUT2D eigenvalue weighted by molar-refractivity contribution is 5.97. The van der Waals surface area contributed by atoms with Crippen LogP contribution in [0, 0.1) is 5.92 Å². The first kappa shape index (κ1) is 11.1. The fraction of sp³-hybridized carbons (Fsp3) is 0.333. The van der Waals surface area contributed by atoms with Gasteiger partial charge in [0, 0.05) is 13.0 Å². The maximum Gasteiger partial charge on any atom is 0.373 e. The number of nitrogens with zero attached hydrogens (tertiary/aromatic N) is 2. The lowest BCUT2D eigenvalue weighted by atomic mass is 10.1. The quantitative estimate of drug-likeness (QED) is 0.750. The minimum Gasteiger partial charge on any atom is -0.481 e. The summed E-state index contributed by atoms with van der Waals surface area (Å²) in [7, 11) is 0. The molecule has 1 saturated heterocycles. The van der Waals surface area contributed by atoms with Crippen LogP contribution in [0.15, 0.2) is 10.6 Å². The number of carboxylic acids is 2. The summed E-state index contributed by atoms with van der Waals surface area (Å²) in [6, 6.07) is -0.184. The molecule has 0 aliphatic carbocycles. The van der Waals surface area contributed by atoms with E-state index in [1.54, 1.807) is 0 Å². The maximum atomic E-state index is 11.5. The number of aromatic nitrogens is 1. The van der Waals surface area contributed by atoms with E-state index in [0.717, 1.165) is 11.1 Å². The number of oxazole rings is 1. The highest BCUT2D eigenvalue weighted by Gasteiger charge is 2.37. The minimum absolute atomic E-state index is 0.0618. The molecule has 0 bridgehead atoms. The Bertz CT molecular complexity index is 493. The van der Waals surface area contributed by atoms with Gasteiger partial charge in [-0.25, -0.2) is 9.78 Å². The minimum atomic E-state index is -1.30. The van der Waals surface area contributed by atoms with Gasteiger partial charge in [-0.1, -0.05) is 0 Å². The zero-order valence-electron chi connectivity index (χ0n) is 8.49. The number of rotatable bonds is 3. The van der Waals surface area contributed by atoms with Crippen LogP contribution in [0.3, 0.4) is 0 Å². The zero-order chi connectivity index (χ0) is 12.6. The topological polar surface area (TPSA) is 121 Å². The van der Waals surface area contributed by atoms with Crippen molar-refractivity contribution >= 4 is 23.9 Å². The van der Waals surface area contributed by atoms with Gasteiger partial charge in [-0.15, -0.1) is 0 Å². The van der Waals surface area contributed by atoms with Crippen LogP contribution in [0.4, 0.5) is 6.01 Å². The van der Waals surface area contributed by atoms with Gasteiger partial charge in [0.15, 0.2) is 0 Å². The number of carbonyl (C=O) groups is 3. The van der Waals surface area contributed by atoms with Crippen LogP contribution in [0.25, 0.3) is 0 Å². The first-order valence-corrected chi connectivity index (χ1v) is 4.71. The van der Waals surface area contributed by atoms with Gasteiger partial charge in [0.2, 0.25) is 11.7 Å². The predicted molar refractivity (Wildman–Crippen MR) is 51.6 cm³/mol. The monoisotopic (exact) mass is 240 g/mol. The Kier molecular flexibility index (Phi) is 2.54. The van der Waals surface area contributed by atoms with Crippen molar-refractivity contribution in [3.8, 4) is 0 Å². The Morgan fingerprint density at radius 3 is 2.65 bits per heavy atom. The van der Waals surface area contributed by atoms with E-state index in [1.807, 2.05) is 0 Å². The molecule has 0 saturated carbocycles. The van der Waals surface area contributed by atoms with E-state index in [0.29, 0.717) is 0 Å². The lowest BCUT2D eigenvalue weighted by Crippen LogP contribution is -2.26. The number of carbonyl (C=O) groups excluding carboxylic acids is 1. The first-order valence-electron chi connectivity index (χ1n) is 4.71. The normalized spacial score (nSPS) is 19.6. The summed E-state index contributed by atoms with van der Waals surface area (Å²) in [6.07, 6.45) is 0.832. The summed E-state index contributed by atoms with van der Waals surface area (Å²) < 4.78 is 4.83. The third-order valence-corrected chi connectivity index (χ3v) is 2.41. The molecule has 1 fully saturated rings. The maximum absolute atomic E-state index is 11.5. The van der Waals surface area contributed by atoms with Crippen LogP contribution in [0.1, 0.15) is 17.0 Å². The Morgan fingerprint density at radius 1 is 1.47 bits per heavy atom. The second-order valence-corrected chi connectivity index (χ2v) is 3.56. The number of aromatic carboxylic acids is 1. The van der Waals surface area contributed by atoms with E-state index in [2.05, 4.69) is 4.98 Å². The third kappa shape index (κ3) is 1.96. The van der Waals surface area contributed by atoms with Gasteiger partial charge in [0.05, 0.1) is 12.1 Å². The van der Waals surface area contributed by atoms with Crippen molar-refractivity contribution in [1.29, 1.82) is 0 Å². The summed E-state index contributed by atoms with van der Waals surface area (Å²) >= 11 is 0. The summed E-state index contributed by atoms with van der Waals surface area (Å²) in [5.41, 5.74) is 0. The molecular formula is C9H8N2O6. The van der Waals surface area contributed by atoms with E-state index in [-0.39, 0.29) is 19.0 Å². The molecule has 17 heavy (non-hydrogen) atoms. The summed E-state index contributed by atoms with van der Waals surface area (Å²) in [5.74, 6) is -4.04. The standard InChI is InChI=1S/C9H8N2O6/c12-6-1-4(7(13)14)3-11(6)9-10-2-5(17-9)8(15)16/h2,4H,1,3H2,(H,13,14)(H,15,16). The second-order valence-electron chi connectivity index (χ2n) is 3.56. The highest BCUT2D eigenvalue weighted by Crippen LogP contribution is 2.24.